The zero-order valence-corrected chi connectivity index (χ0v) is 17.3. The minimum atomic E-state index is -3.63. The summed E-state index contributed by atoms with van der Waals surface area (Å²) in [5, 5.41) is 5.53. The normalized spacial score (nSPS) is 21.9. The maximum absolute atomic E-state index is 12.8. The molecule has 8 heteroatoms. The zero-order valence-electron chi connectivity index (χ0n) is 15.7. The molecule has 1 aromatic rings. The van der Waals surface area contributed by atoms with Gasteiger partial charge in [-0.05, 0) is 38.0 Å². The summed E-state index contributed by atoms with van der Waals surface area (Å²) < 4.78 is 25.5. The van der Waals surface area contributed by atoms with Gasteiger partial charge in [-0.25, -0.2) is 8.42 Å². The monoisotopic (exact) mass is 410 g/mol. The summed E-state index contributed by atoms with van der Waals surface area (Å²) in [5.41, 5.74) is 0.517. The minimum Gasteiger partial charge on any atom is -0.353 e. The molecule has 0 bridgehead atoms. The van der Waals surface area contributed by atoms with Crippen molar-refractivity contribution in [2.45, 2.75) is 67.0 Å². The van der Waals surface area contributed by atoms with E-state index in [1.807, 2.05) is 0 Å². The van der Waals surface area contributed by atoms with E-state index in [-0.39, 0.29) is 33.8 Å². The van der Waals surface area contributed by atoms with Crippen LogP contribution in [0.25, 0.3) is 0 Å². The molecule has 2 atom stereocenters. The van der Waals surface area contributed by atoms with Crippen LogP contribution in [0.2, 0.25) is 0 Å². The van der Waals surface area contributed by atoms with Crippen molar-refractivity contribution in [3.8, 4) is 0 Å². The third-order valence-electron chi connectivity index (χ3n) is 5.11. The number of amides is 2. The summed E-state index contributed by atoms with van der Waals surface area (Å²) in [4.78, 5) is 25.2. The van der Waals surface area contributed by atoms with Gasteiger partial charge < -0.3 is 10.6 Å². The Morgan fingerprint density at radius 2 is 2.00 bits per heavy atom. The average Bonchev–Trinajstić information content (AvgIpc) is 2.62. The topological polar surface area (TPSA) is 92.3 Å². The Labute approximate surface area is 164 Å². The van der Waals surface area contributed by atoms with Gasteiger partial charge in [-0.3, -0.25) is 9.59 Å². The van der Waals surface area contributed by atoms with Crippen molar-refractivity contribution in [1.82, 2.24) is 5.32 Å². The zero-order chi connectivity index (χ0) is 19.6. The first-order chi connectivity index (χ1) is 12.8. The molecule has 1 aromatic carbocycles. The molecule has 0 unspecified atom stereocenters. The fourth-order valence-electron chi connectivity index (χ4n) is 3.47. The Balaban J connectivity index is 1.68. The molecular weight excluding hydrogens is 384 g/mol. The molecular formula is C19H26N2O4S2. The van der Waals surface area contributed by atoms with E-state index in [1.165, 1.54) is 24.2 Å². The molecule has 1 aliphatic carbocycles. The smallest absolute Gasteiger partial charge is 0.237 e. The van der Waals surface area contributed by atoms with Gasteiger partial charge in [0.05, 0.1) is 21.6 Å². The van der Waals surface area contributed by atoms with Gasteiger partial charge in [0, 0.05) is 16.9 Å². The summed E-state index contributed by atoms with van der Waals surface area (Å²) in [6.07, 6.45) is 5.34. The first-order valence-corrected chi connectivity index (χ1v) is 11.9. The van der Waals surface area contributed by atoms with Gasteiger partial charge in [-0.15, -0.1) is 11.8 Å². The number of fused-ring (bicyclic) bond motifs is 1. The predicted molar refractivity (Wildman–Crippen MR) is 107 cm³/mol. The van der Waals surface area contributed by atoms with Crippen molar-refractivity contribution < 1.29 is 18.0 Å². The van der Waals surface area contributed by atoms with Crippen LogP contribution in [0.5, 0.6) is 0 Å². The third-order valence-corrected chi connectivity index (χ3v) is 8.20. The highest BCUT2D eigenvalue weighted by Gasteiger charge is 2.28. The quantitative estimate of drug-likeness (QED) is 0.779. The van der Waals surface area contributed by atoms with Gasteiger partial charge >= 0.3 is 0 Å². The van der Waals surface area contributed by atoms with Crippen LogP contribution >= 0.6 is 11.8 Å². The molecule has 1 fully saturated rings. The van der Waals surface area contributed by atoms with Crippen molar-refractivity contribution >= 4 is 39.1 Å². The van der Waals surface area contributed by atoms with E-state index in [1.54, 1.807) is 26.0 Å². The first kappa shape index (κ1) is 20.2. The first-order valence-electron chi connectivity index (χ1n) is 9.41. The fraction of sp³-hybridized carbons (Fsp3) is 0.579. The van der Waals surface area contributed by atoms with Crippen LogP contribution in [0, 0.1) is 5.92 Å². The molecule has 1 heterocycles. The van der Waals surface area contributed by atoms with Crippen molar-refractivity contribution in [3.63, 3.8) is 0 Å². The van der Waals surface area contributed by atoms with E-state index >= 15 is 0 Å². The molecule has 6 nitrogen and oxygen atoms in total. The summed E-state index contributed by atoms with van der Waals surface area (Å²) in [7, 11) is -3.63. The second-order valence-electron chi connectivity index (χ2n) is 7.43. The third kappa shape index (κ3) is 4.85. The number of hydrogen-bond donors (Lipinski definition) is 2. The lowest BCUT2D eigenvalue weighted by molar-refractivity contribution is -0.124. The van der Waals surface area contributed by atoms with E-state index in [2.05, 4.69) is 10.6 Å². The molecule has 3 rings (SSSR count). The molecule has 0 saturated heterocycles. The second-order valence-corrected chi connectivity index (χ2v) is 10.9. The highest BCUT2D eigenvalue weighted by Crippen LogP contribution is 2.37. The van der Waals surface area contributed by atoms with Gasteiger partial charge in [0.2, 0.25) is 11.8 Å². The molecule has 1 aliphatic heterocycles. The van der Waals surface area contributed by atoms with Gasteiger partial charge in [0.25, 0.3) is 0 Å². The Morgan fingerprint density at radius 3 is 2.70 bits per heavy atom. The van der Waals surface area contributed by atoms with E-state index < -0.39 is 15.8 Å². The van der Waals surface area contributed by atoms with Gasteiger partial charge in [-0.1, -0.05) is 26.2 Å². The number of carbonyl (C=O) groups is 2. The Bertz CT molecular complexity index is 832. The standard InChI is InChI=1S/C19H26N2O4S2/c1-12(18(22)20-14-6-4-3-5-7-14)11-27(24,25)15-8-9-17-16(10-15)21-19(23)13(2)26-17/h8-10,12-14H,3-7,11H2,1-2H3,(H,20,22)(H,21,23)/t12-,13+/m0/s1. The molecule has 2 aliphatic rings. The summed E-state index contributed by atoms with van der Waals surface area (Å²) in [5.74, 6) is -1.22. The molecule has 148 valence electrons. The molecule has 2 amide bonds. The molecule has 1 saturated carbocycles. The van der Waals surface area contributed by atoms with E-state index in [0.29, 0.717) is 5.69 Å². The number of rotatable bonds is 5. The summed E-state index contributed by atoms with van der Waals surface area (Å²) >= 11 is 1.41. The molecule has 27 heavy (non-hydrogen) atoms. The SMILES string of the molecule is C[C@@H](CS(=O)(=O)c1ccc2c(c1)NC(=O)[C@@H](C)S2)C(=O)NC1CCCCC1. The van der Waals surface area contributed by atoms with Crippen LogP contribution in [0.15, 0.2) is 28.0 Å². The average molecular weight is 411 g/mol. The molecule has 0 radical (unpaired) electrons. The van der Waals surface area contributed by atoms with Crippen LogP contribution in [0.1, 0.15) is 46.0 Å². The molecule has 0 spiro atoms. The molecule has 0 aromatic heterocycles. The number of sulfone groups is 1. The fourth-order valence-corrected chi connectivity index (χ4v) is 5.98. The van der Waals surface area contributed by atoms with Gasteiger partial charge in [-0.2, -0.15) is 0 Å². The van der Waals surface area contributed by atoms with Crippen LogP contribution in [-0.2, 0) is 19.4 Å². The molecule has 2 N–H and O–H groups in total. The van der Waals surface area contributed by atoms with Crippen molar-refractivity contribution in [1.29, 1.82) is 0 Å². The largest absolute Gasteiger partial charge is 0.353 e. The highest BCUT2D eigenvalue weighted by atomic mass is 32.2. The maximum atomic E-state index is 12.8. The van der Waals surface area contributed by atoms with E-state index in [0.717, 1.165) is 30.6 Å². The predicted octanol–water partition coefficient (Wildman–Crippen LogP) is 2.98. The highest BCUT2D eigenvalue weighted by molar-refractivity contribution is 8.01. The number of carbonyl (C=O) groups excluding carboxylic acids is 2. The minimum absolute atomic E-state index is 0.133. The summed E-state index contributed by atoms with van der Waals surface area (Å²) in [6.45, 7) is 3.45. The Morgan fingerprint density at radius 1 is 1.30 bits per heavy atom. The van der Waals surface area contributed by atoms with Crippen molar-refractivity contribution in [2.75, 3.05) is 11.1 Å². The lowest BCUT2D eigenvalue weighted by Crippen LogP contribution is -2.41. The van der Waals surface area contributed by atoms with E-state index in [9.17, 15) is 18.0 Å². The number of thioether (sulfide) groups is 1. The number of benzene rings is 1. The van der Waals surface area contributed by atoms with Crippen molar-refractivity contribution in [2.24, 2.45) is 5.92 Å². The van der Waals surface area contributed by atoms with E-state index in [4.69, 9.17) is 0 Å². The maximum Gasteiger partial charge on any atom is 0.237 e. The van der Waals surface area contributed by atoms with Crippen LogP contribution < -0.4 is 10.6 Å². The van der Waals surface area contributed by atoms with Gasteiger partial charge in [0.15, 0.2) is 9.84 Å². The van der Waals surface area contributed by atoms with Gasteiger partial charge in [0.1, 0.15) is 0 Å². The van der Waals surface area contributed by atoms with Crippen molar-refractivity contribution in [3.05, 3.63) is 18.2 Å². The van der Waals surface area contributed by atoms with Crippen LogP contribution in [-0.4, -0.2) is 37.3 Å². The lowest BCUT2D eigenvalue weighted by Gasteiger charge is -2.24. The van der Waals surface area contributed by atoms with Crippen LogP contribution in [0.4, 0.5) is 5.69 Å². The Kier molecular flexibility index (Phi) is 6.15. The number of hydrogen-bond acceptors (Lipinski definition) is 5. The second kappa shape index (κ2) is 8.22. The number of nitrogens with one attached hydrogen (secondary N) is 2. The lowest BCUT2D eigenvalue weighted by atomic mass is 9.95. The summed E-state index contributed by atoms with van der Waals surface area (Å²) in [6, 6.07) is 4.93. The van der Waals surface area contributed by atoms with Crippen LogP contribution in [0.3, 0.4) is 0 Å². The number of anilines is 1. The Hall–Kier alpha value is -1.54.